The van der Waals surface area contributed by atoms with E-state index in [0.717, 1.165) is 19.3 Å². The van der Waals surface area contributed by atoms with E-state index in [1.807, 2.05) is 13.8 Å². The molecule has 0 radical (unpaired) electrons. The van der Waals surface area contributed by atoms with E-state index in [-0.39, 0.29) is 31.0 Å². The van der Waals surface area contributed by atoms with Crippen molar-refractivity contribution >= 4 is 12.0 Å². The Morgan fingerprint density at radius 3 is 2.50 bits per heavy atom. The number of aliphatic carboxylic acids is 1. The molecule has 20 heavy (non-hydrogen) atoms. The van der Waals surface area contributed by atoms with Crippen LogP contribution >= 0.6 is 0 Å². The third kappa shape index (κ3) is 4.37. The van der Waals surface area contributed by atoms with Crippen LogP contribution in [0, 0.1) is 5.92 Å². The fraction of sp³-hybridized carbons (Fsp3) is 0.857. The van der Waals surface area contributed by atoms with Gasteiger partial charge in [0.05, 0.1) is 6.61 Å². The van der Waals surface area contributed by atoms with Crippen LogP contribution in [0.4, 0.5) is 4.79 Å². The van der Waals surface area contributed by atoms with Gasteiger partial charge in [0.15, 0.2) is 0 Å². The molecule has 2 N–H and O–H groups in total. The van der Waals surface area contributed by atoms with Crippen molar-refractivity contribution in [3.8, 4) is 0 Å². The fourth-order valence-corrected chi connectivity index (χ4v) is 2.87. The van der Waals surface area contributed by atoms with Crippen LogP contribution in [0.25, 0.3) is 0 Å². The van der Waals surface area contributed by atoms with Crippen LogP contribution in [0.15, 0.2) is 0 Å². The molecule has 0 spiro atoms. The van der Waals surface area contributed by atoms with Gasteiger partial charge < -0.3 is 20.0 Å². The maximum atomic E-state index is 12.5. The lowest BCUT2D eigenvalue weighted by molar-refractivity contribution is -0.138. The van der Waals surface area contributed by atoms with Gasteiger partial charge >= 0.3 is 12.0 Å². The second kappa shape index (κ2) is 8.09. The van der Waals surface area contributed by atoms with Crippen LogP contribution in [0.2, 0.25) is 0 Å². The zero-order valence-corrected chi connectivity index (χ0v) is 12.4. The number of carbonyl (C=O) groups excluding carboxylic acids is 1. The summed E-state index contributed by atoms with van der Waals surface area (Å²) in [5.74, 6) is -0.759. The van der Waals surface area contributed by atoms with E-state index < -0.39 is 5.97 Å². The van der Waals surface area contributed by atoms with Crippen molar-refractivity contribution in [1.29, 1.82) is 0 Å². The second-order valence-electron chi connectivity index (χ2n) is 5.37. The third-order valence-corrected chi connectivity index (χ3v) is 3.99. The molecule has 116 valence electrons. The first kappa shape index (κ1) is 16.8. The SMILES string of the molecule is CCC(CC)N(CCO)C(=O)N1CCC(CC(=O)O)C1. The zero-order chi connectivity index (χ0) is 15.1. The maximum absolute atomic E-state index is 12.5. The highest BCUT2D eigenvalue weighted by molar-refractivity contribution is 5.75. The van der Waals surface area contributed by atoms with Gasteiger partial charge in [0.1, 0.15) is 0 Å². The molecular weight excluding hydrogens is 260 g/mol. The van der Waals surface area contributed by atoms with Crippen LogP contribution in [0.3, 0.4) is 0 Å². The van der Waals surface area contributed by atoms with Gasteiger partial charge in [-0.05, 0) is 25.2 Å². The van der Waals surface area contributed by atoms with E-state index >= 15 is 0 Å². The van der Waals surface area contributed by atoms with Gasteiger partial charge in [0.25, 0.3) is 0 Å². The molecule has 0 aromatic carbocycles. The normalized spacial score (nSPS) is 18.6. The molecule has 1 atom stereocenters. The molecule has 2 amide bonds. The summed E-state index contributed by atoms with van der Waals surface area (Å²) in [6.45, 7) is 5.47. The Kier molecular flexibility index (Phi) is 6.78. The predicted molar refractivity (Wildman–Crippen MR) is 75.5 cm³/mol. The minimum absolute atomic E-state index is 0.0470. The summed E-state index contributed by atoms with van der Waals surface area (Å²) in [7, 11) is 0. The van der Waals surface area contributed by atoms with Gasteiger partial charge in [-0.1, -0.05) is 13.8 Å². The van der Waals surface area contributed by atoms with Crippen LogP contribution in [0.5, 0.6) is 0 Å². The molecule has 1 aliphatic rings. The van der Waals surface area contributed by atoms with Crippen molar-refractivity contribution in [1.82, 2.24) is 9.80 Å². The number of carboxylic acids is 1. The smallest absolute Gasteiger partial charge is 0.320 e. The van der Waals surface area contributed by atoms with Crippen LogP contribution in [-0.2, 0) is 4.79 Å². The number of rotatable bonds is 7. The van der Waals surface area contributed by atoms with E-state index in [1.165, 1.54) is 0 Å². The van der Waals surface area contributed by atoms with Gasteiger partial charge in [0, 0.05) is 32.1 Å². The summed E-state index contributed by atoms with van der Waals surface area (Å²) in [5.41, 5.74) is 0. The Bertz CT molecular complexity index is 331. The van der Waals surface area contributed by atoms with Crippen LogP contribution in [0.1, 0.15) is 39.5 Å². The molecule has 1 fully saturated rings. The largest absolute Gasteiger partial charge is 0.481 e. The average molecular weight is 286 g/mol. The van der Waals surface area contributed by atoms with Crippen molar-refractivity contribution in [2.75, 3.05) is 26.2 Å². The summed E-state index contributed by atoms with van der Waals surface area (Å²) in [4.78, 5) is 26.7. The number of carboxylic acid groups (broad SMARTS) is 1. The van der Waals surface area contributed by atoms with Crippen molar-refractivity contribution in [2.45, 2.75) is 45.6 Å². The molecule has 1 rings (SSSR count). The zero-order valence-electron chi connectivity index (χ0n) is 12.4. The first-order chi connectivity index (χ1) is 9.53. The maximum Gasteiger partial charge on any atom is 0.320 e. The minimum Gasteiger partial charge on any atom is -0.481 e. The summed E-state index contributed by atoms with van der Waals surface area (Å²) >= 11 is 0. The molecule has 1 aliphatic heterocycles. The number of hydrogen-bond acceptors (Lipinski definition) is 3. The quantitative estimate of drug-likeness (QED) is 0.741. The topological polar surface area (TPSA) is 81.1 Å². The van der Waals surface area contributed by atoms with Crippen molar-refractivity contribution < 1.29 is 19.8 Å². The van der Waals surface area contributed by atoms with Gasteiger partial charge in [0.2, 0.25) is 0 Å². The Hall–Kier alpha value is -1.30. The molecule has 0 aromatic heterocycles. The van der Waals surface area contributed by atoms with E-state index in [0.29, 0.717) is 19.6 Å². The first-order valence-electron chi connectivity index (χ1n) is 7.41. The Balaban J connectivity index is 2.64. The lowest BCUT2D eigenvalue weighted by atomic mass is 10.1. The van der Waals surface area contributed by atoms with E-state index in [1.54, 1.807) is 9.80 Å². The second-order valence-corrected chi connectivity index (χ2v) is 5.37. The summed E-state index contributed by atoms with van der Waals surface area (Å²) in [6, 6.07) is 0.0637. The molecule has 1 unspecified atom stereocenters. The molecule has 0 bridgehead atoms. The summed E-state index contributed by atoms with van der Waals surface area (Å²) in [6.07, 6.45) is 2.58. The van der Waals surface area contributed by atoms with Crippen LogP contribution < -0.4 is 0 Å². The highest BCUT2D eigenvalue weighted by Crippen LogP contribution is 2.22. The number of nitrogens with zero attached hydrogens (tertiary/aromatic N) is 2. The van der Waals surface area contributed by atoms with Crippen LogP contribution in [-0.4, -0.2) is 64.3 Å². The van der Waals surface area contributed by atoms with Crippen molar-refractivity contribution in [2.24, 2.45) is 5.92 Å². The number of aliphatic hydroxyl groups is 1. The van der Waals surface area contributed by atoms with E-state index in [2.05, 4.69) is 0 Å². The lowest BCUT2D eigenvalue weighted by Gasteiger charge is -2.33. The molecule has 0 aromatic rings. The fourth-order valence-electron chi connectivity index (χ4n) is 2.87. The van der Waals surface area contributed by atoms with Gasteiger partial charge in [-0.2, -0.15) is 0 Å². The predicted octanol–water partition coefficient (Wildman–Crippen LogP) is 1.39. The first-order valence-corrected chi connectivity index (χ1v) is 7.41. The average Bonchev–Trinajstić information content (AvgIpc) is 2.86. The standard InChI is InChI=1S/C14H26N2O4/c1-3-12(4-2)16(7-8-17)14(20)15-6-5-11(10-15)9-13(18)19/h11-12,17H,3-10H2,1-2H3,(H,18,19). The number of amides is 2. The molecule has 0 aliphatic carbocycles. The lowest BCUT2D eigenvalue weighted by Crippen LogP contribution is -2.48. The minimum atomic E-state index is -0.809. The molecule has 1 heterocycles. The van der Waals surface area contributed by atoms with Crippen molar-refractivity contribution in [3.63, 3.8) is 0 Å². The third-order valence-electron chi connectivity index (χ3n) is 3.99. The Morgan fingerprint density at radius 1 is 1.35 bits per heavy atom. The number of likely N-dealkylation sites (tertiary alicyclic amines) is 1. The van der Waals surface area contributed by atoms with Gasteiger partial charge in [-0.3, -0.25) is 4.79 Å². The molecular formula is C14H26N2O4. The molecule has 6 heteroatoms. The van der Waals surface area contributed by atoms with E-state index in [9.17, 15) is 9.59 Å². The Labute approximate surface area is 120 Å². The van der Waals surface area contributed by atoms with E-state index in [4.69, 9.17) is 10.2 Å². The number of carbonyl (C=O) groups is 2. The molecule has 1 saturated heterocycles. The summed E-state index contributed by atoms with van der Waals surface area (Å²) in [5, 5.41) is 18.0. The number of aliphatic hydroxyl groups excluding tert-OH is 1. The monoisotopic (exact) mass is 286 g/mol. The highest BCUT2D eigenvalue weighted by atomic mass is 16.4. The van der Waals surface area contributed by atoms with Crippen molar-refractivity contribution in [3.05, 3.63) is 0 Å². The molecule has 0 saturated carbocycles. The highest BCUT2D eigenvalue weighted by Gasteiger charge is 2.32. The van der Waals surface area contributed by atoms with Gasteiger partial charge in [-0.15, -0.1) is 0 Å². The Morgan fingerprint density at radius 2 is 2.00 bits per heavy atom. The molecule has 6 nitrogen and oxygen atoms in total. The number of hydrogen-bond donors (Lipinski definition) is 2. The number of urea groups is 1. The van der Waals surface area contributed by atoms with Gasteiger partial charge in [-0.25, -0.2) is 4.79 Å². The summed E-state index contributed by atoms with van der Waals surface area (Å²) < 4.78 is 0.